The van der Waals surface area contributed by atoms with E-state index in [4.69, 9.17) is 4.74 Å². The molecule has 0 spiro atoms. The molecule has 0 N–H and O–H groups in total. The third-order valence-corrected chi connectivity index (χ3v) is 7.25. The van der Waals surface area contributed by atoms with Crippen molar-refractivity contribution in [3.8, 4) is 5.75 Å². The minimum Gasteiger partial charge on any atom is -0.497 e. The maximum absolute atomic E-state index is 5.40. The molecule has 5 rings (SSSR count). The summed E-state index contributed by atoms with van der Waals surface area (Å²) < 4.78 is 7.39. The van der Waals surface area contributed by atoms with E-state index < -0.39 is 0 Å². The average Bonchev–Trinajstić information content (AvgIpc) is 3.57. The molecule has 1 aromatic heterocycles. The predicted molar refractivity (Wildman–Crippen MR) is 128 cm³/mol. The van der Waals surface area contributed by atoms with Crippen molar-refractivity contribution in [2.24, 2.45) is 0 Å². The van der Waals surface area contributed by atoms with Crippen LogP contribution in [-0.4, -0.2) is 69.3 Å². The van der Waals surface area contributed by atoms with Crippen LogP contribution in [0.2, 0.25) is 0 Å². The van der Waals surface area contributed by atoms with Gasteiger partial charge >= 0.3 is 0 Å². The minimum atomic E-state index is 0.0346. The number of aryl methyl sites for hydroxylation is 2. The van der Waals surface area contributed by atoms with E-state index in [9.17, 15) is 0 Å². The Hall–Kier alpha value is -2.77. The molecule has 0 unspecified atom stereocenters. The lowest BCUT2D eigenvalue weighted by Crippen LogP contribution is -2.51. The van der Waals surface area contributed by atoms with Gasteiger partial charge in [-0.25, -0.2) is 4.68 Å². The zero-order valence-electron chi connectivity index (χ0n) is 19.5. The summed E-state index contributed by atoms with van der Waals surface area (Å²) in [5.41, 5.74) is 2.51. The minimum absolute atomic E-state index is 0.0346. The van der Waals surface area contributed by atoms with Crippen molar-refractivity contribution in [1.82, 2.24) is 30.0 Å². The second-order valence-electron chi connectivity index (χ2n) is 9.18. The number of hydrogen-bond acceptors (Lipinski definition) is 6. The quantitative estimate of drug-likeness (QED) is 0.527. The van der Waals surface area contributed by atoms with Crippen LogP contribution in [0.4, 0.5) is 0 Å². The first-order chi connectivity index (χ1) is 16.3. The second kappa shape index (κ2) is 10.4. The van der Waals surface area contributed by atoms with Gasteiger partial charge in [0.15, 0.2) is 5.82 Å². The molecule has 0 bridgehead atoms. The van der Waals surface area contributed by atoms with Crippen LogP contribution in [0.1, 0.15) is 48.7 Å². The summed E-state index contributed by atoms with van der Waals surface area (Å²) in [4.78, 5) is 5.25. The van der Waals surface area contributed by atoms with E-state index in [0.717, 1.165) is 56.8 Å². The molecule has 0 radical (unpaired) electrons. The first-order valence-electron chi connectivity index (χ1n) is 12.2. The Morgan fingerprint density at radius 3 is 2.36 bits per heavy atom. The monoisotopic (exact) mass is 446 g/mol. The summed E-state index contributed by atoms with van der Waals surface area (Å²) >= 11 is 0. The molecular weight excluding hydrogens is 412 g/mol. The number of ether oxygens (including phenoxy) is 1. The van der Waals surface area contributed by atoms with Crippen LogP contribution >= 0.6 is 0 Å². The number of nitrogens with zero attached hydrogens (tertiary/aromatic N) is 6. The van der Waals surface area contributed by atoms with E-state index in [1.54, 1.807) is 7.11 Å². The highest BCUT2D eigenvalue weighted by Crippen LogP contribution is 2.31. The van der Waals surface area contributed by atoms with Crippen LogP contribution in [0.5, 0.6) is 5.75 Å². The molecule has 33 heavy (non-hydrogen) atoms. The molecule has 2 heterocycles. The summed E-state index contributed by atoms with van der Waals surface area (Å²) in [6.45, 7) is 5.05. The average molecular weight is 447 g/mol. The Labute approximate surface area is 196 Å². The van der Waals surface area contributed by atoms with Gasteiger partial charge in [0.05, 0.1) is 13.2 Å². The maximum atomic E-state index is 5.40. The third-order valence-electron chi connectivity index (χ3n) is 7.25. The van der Waals surface area contributed by atoms with Gasteiger partial charge in [-0.3, -0.25) is 9.80 Å². The Kier molecular flexibility index (Phi) is 6.98. The molecule has 1 saturated heterocycles. The highest BCUT2D eigenvalue weighted by Gasteiger charge is 2.33. The van der Waals surface area contributed by atoms with E-state index in [0.29, 0.717) is 0 Å². The lowest BCUT2D eigenvalue weighted by Gasteiger charge is -2.41. The smallest absolute Gasteiger partial charge is 0.173 e. The van der Waals surface area contributed by atoms with Crippen LogP contribution < -0.4 is 4.74 Å². The fourth-order valence-electron chi connectivity index (χ4n) is 5.39. The third kappa shape index (κ3) is 5.09. The van der Waals surface area contributed by atoms with E-state index in [1.165, 1.54) is 36.8 Å². The van der Waals surface area contributed by atoms with Crippen LogP contribution in [0, 0.1) is 0 Å². The Morgan fingerprint density at radius 2 is 1.67 bits per heavy atom. The second-order valence-corrected chi connectivity index (χ2v) is 9.18. The van der Waals surface area contributed by atoms with Gasteiger partial charge in [-0.15, -0.1) is 5.10 Å². The van der Waals surface area contributed by atoms with Crippen molar-refractivity contribution in [3.05, 3.63) is 71.5 Å². The fraction of sp³-hybridized carbons (Fsp3) is 0.500. The molecule has 7 heteroatoms. The highest BCUT2D eigenvalue weighted by molar-refractivity contribution is 5.32. The van der Waals surface area contributed by atoms with Gasteiger partial charge in [-0.05, 0) is 52.9 Å². The topological polar surface area (TPSA) is 59.3 Å². The summed E-state index contributed by atoms with van der Waals surface area (Å²) in [5.74, 6) is 1.79. The summed E-state index contributed by atoms with van der Waals surface area (Å²) in [6, 6.07) is 19.7. The van der Waals surface area contributed by atoms with E-state index in [1.807, 2.05) is 16.8 Å². The van der Waals surface area contributed by atoms with Crippen molar-refractivity contribution in [3.63, 3.8) is 0 Å². The van der Waals surface area contributed by atoms with Gasteiger partial charge in [0.2, 0.25) is 0 Å². The Morgan fingerprint density at radius 1 is 0.939 bits per heavy atom. The van der Waals surface area contributed by atoms with Crippen LogP contribution in [-0.2, 0) is 13.0 Å². The molecule has 1 saturated carbocycles. The van der Waals surface area contributed by atoms with Crippen molar-refractivity contribution < 1.29 is 4.74 Å². The lowest BCUT2D eigenvalue weighted by molar-refractivity contribution is 0.0770. The van der Waals surface area contributed by atoms with E-state index in [-0.39, 0.29) is 6.04 Å². The van der Waals surface area contributed by atoms with Gasteiger partial charge in [0.25, 0.3) is 0 Å². The zero-order valence-corrected chi connectivity index (χ0v) is 19.5. The maximum Gasteiger partial charge on any atom is 0.173 e. The number of methoxy groups -OCH3 is 1. The van der Waals surface area contributed by atoms with Crippen molar-refractivity contribution in [2.45, 2.75) is 50.7 Å². The van der Waals surface area contributed by atoms with Crippen molar-refractivity contribution in [1.29, 1.82) is 0 Å². The Balaban J connectivity index is 1.37. The summed E-state index contributed by atoms with van der Waals surface area (Å²) in [5, 5.41) is 13.0. The molecule has 7 nitrogen and oxygen atoms in total. The van der Waals surface area contributed by atoms with Gasteiger partial charge in [0.1, 0.15) is 5.75 Å². The molecule has 174 valence electrons. The molecule has 1 atom stereocenters. The van der Waals surface area contributed by atoms with Crippen LogP contribution in [0.25, 0.3) is 0 Å². The highest BCUT2D eigenvalue weighted by atomic mass is 16.5. The number of tetrazole rings is 1. The number of rotatable bonds is 8. The van der Waals surface area contributed by atoms with Crippen molar-refractivity contribution in [2.75, 3.05) is 33.3 Å². The molecule has 1 aliphatic carbocycles. The van der Waals surface area contributed by atoms with Gasteiger partial charge in [-0.1, -0.05) is 55.3 Å². The molecule has 3 aromatic rings. The lowest BCUT2D eigenvalue weighted by atomic mass is 10.0. The van der Waals surface area contributed by atoms with Gasteiger partial charge in [0, 0.05) is 38.8 Å². The zero-order chi connectivity index (χ0) is 22.5. The molecule has 0 amide bonds. The summed E-state index contributed by atoms with van der Waals surface area (Å²) in [6.07, 6.45) is 6.40. The normalized spacial score (nSPS) is 19.1. The number of piperazine rings is 1. The predicted octanol–water partition coefficient (Wildman–Crippen LogP) is 3.57. The standard InChI is InChI=1S/C26H34N6O/c1-33-24-13-11-22(12-14-24)25(31-19-17-30(18-20-31)23-9-5-6-10-23)26-27-28-29-32(26)16-15-21-7-3-2-4-8-21/h2-4,7-8,11-14,23,25H,5-6,9-10,15-20H2,1H3/t25-/m0/s1. The first kappa shape index (κ1) is 22.0. The van der Waals surface area contributed by atoms with Crippen LogP contribution in [0.3, 0.4) is 0 Å². The molecule has 2 fully saturated rings. The fourth-order valence-corrected chi connectivity index (χ4v) is 5.39. The van der Waals surface area contributed by atoms with Gasteiger partial charge in [-0.2, -0.15) is 0 Å². The van der Waals surface area contributed by atoms with Gasteiger partial charge < -0.3 is 4.74 Å². The molecule has 1 aliphatic heterocycles. The Bertz CT molecular complexity index is 991. The molecule has 2 aromatic carbocycles. The SMILES string of the molecule is COc1ccc([C@@H](c2nnnn2CCc2ccccc2)N2CCN(C3CCCC3)CC2)cc1. The summed E-state index contributed by atoms with van der Waals surface area (Å²) in [7, 11) is 1.71. The van der Waals surface area contributed by atoms with E-state index >= 15 is 0 Å². The molecular formula is C26H34N6O. The van der Waals surface area contributed by atoms with Crippen molar-refractivity contribution >= 4 is 0 Å². The first-order valence-corrected chi connectivity index (χ1v) is 12.2. The van der Waals surface area contributed by atoms with E-state index in [2.05, 4.69) is 67.8 Å². The largest absolute Gasteiger partial charge is 0.497 e. The number of aromatic nitrogens is 4. The van der Waals surface area contributed by atoms with Crippen LogP contribution in [0.15, 0.2) is 54.6 Å². The number of benzene rings is 2. The number of hydrogen-bond donors (Lipinski definition) is 0. The molecule has 2 aliphatic rings.